The summed E-state index contributed by atoms with van der Waals surface area (Å²) >= 11 is 0. The lowest BCUT2D eigenvalue weighted by Crippen LogP contribution is -2.24. The molecule has 0 aliphatic carbocycles. The SMILES string of the molecule is Cc1nc(C2CCOCC2)[nH]c(=O)c1CCC(=O)O. The molecule has 19 heavy (non-hydrogen) atoms. The van der Waals surface area contributed by atoms with Gasteiger partial charge in [0.1, 0.15) is 5.82 Å². The van der Waals surface area contributed by atoms with Crippen molar-refractivity contribution in [2.75, 3.05) is 13.2 Å². The molecule has 0 bridgehead atoms. The van der Waals surface area contributed by atoms with Gasteiger partial charge in [-0.05, 0) is 26.2 Å². The van der Waals surface area contributed by atoms with Gasteiger partial charge in [-0.3, -0.25) is 9.59 Å². The van der Waals surface area contributed by atoms with E-state index in [9.17, 15) is 9.59 Å². The zero-order valence-electron chi connectivity index (χ0n) is 10.9. The minimum atomic E-state index is -0.910. The van der Waals surface area contributed by atoms with Crippen LogP contribution in [0.4, 0.5) is 0 Å². The highest BCUT2D eigenvalue weighted by atomic mass is 16.5. The smallest absolute Gasteiger partial charge is 0.303 e. The summed E-state index contributed by atoms with van der Waals surface area (Å²) in [5, 5.41) is 8.67. The molecule has 1 fully saturated rings. The van der Waals surface area contributed by atoms with E-state index < -0.39 is 5.97 Å². The number of rotatable bonds is 4. The molecule has 6 nitrogen and oxygen atoms in total. The number of aromatic amines is 1. The first-order valence-corrected chi connectivity index (χ1v) is 6.47. The van der Waals surface area contributed by atoms with E-state index in [1.54, 1.807) is 6.92 Å². The highest BCUT2D eigenvalue weighted by Crippen LogP contribution is 2.23. The Morgan fingerprint density at radius 2 is 2.16 bits per heavy atom. The molecule has 0 amide bonds. The Hall–Kier alpha value is -1.69. The van der Waals surface area contributed by atoms with Crippen molar-refractivity contribution in [3.8, 4) is 0 Å². The van der Waals surface area contributed by atoms with Crippen LogP contribution >= 0.6 is 0 Å². The van der Waals surface area contributed by atoms with E-state index in [1.165, 1.54) is 0 Å². The summed E-state index contributed by atoms with van der Waals surface area (Å²) in [7, 11) is 0. The normalized spacial score (nSPS) is 16.5. The van der Waals surface area contributed by atoms with E-state index in [1.807, 2.05) is 0 Å². The van der Waals surface area contributed by atoms with Crippen LogP contribution in [0.2, 0.25) is 0 Å². The number of carboxylic acid groups (broad SMARTS) is 1. The topological polar surface area (TPSA) is 92.3 Å². The zero-order valence-corrected chi connectivity index (χ0v) is 10.9. The Kier molecular flexibility index (Phi) is 4.31. The summed E-state index contributed by atoms with van der Waals surface area (Å²) in [5.41, 5.74) is 0.889. The minimum absolute atomic E-state index is 0.0534. The van der Waals surface area contributed by atoms with Crippen LogP contribution < -0.4 is 5.56 Å². The second kappa shape index (κ2) is 5.97. The van der Waals surface area contributed by atoms with Crippen LogP contribution in [0.15, 0.2) is 4.79 Å². The lowest BCUT2D eigenvalue weighted by molar-refractivity contribution is -0.136. The molecule has 0 radical (unpaired) electrons. The van der Waals surface area contributed by atoms with Crippen LogP contribution in [0.1, 0.15) is 42.3 Å². The molecule has 1 aromatic heterocycles. The van der Waals surface area contributed by atoms with Gasteiger partial charge in [-0.25, -0.2) is 4.98 Å². The van der Waals surface area contributed by atoms with Crippen molar-refractivity contribution in [3.05, 3.63) is 27.4 Å². The predicted octanol–water partition coefficient (Wildman–Crippen LogP) is 0.990. The molecule has 0 aromatic carbocycles. The molecule has 2 rings (SSSR count). The summed E-state index contributed by atoms with van der Waals surface area (Å²) in [6, 6.07) is 0. The molecule has 1 aromatic rings. The highest BCUT2D eigenvalue weighted by molar-refractivity contribution is 5.67. The van der Waals surface area contributed by atoms with Crippen LogP contribution in [0.25, 0.3) is 0 Å². The predicted molar refractivity (Wildman–Crippen MR) is 68.3 cm³/mol. The van der Waals surface area contributed by atoms with Gasteiger partial charge in [0.15, 0.2) is 0 Å². The van der Waals surface area contributed by atoms with Crippen LogP contribution in [0.3, 0.4) is 0 Å². The summed E-state index contributed by atoms with van der Waals surface area (Å²) in [6.07, 6.45) is 1.88. The van der Waals surface area contributed by atoms with Crippen LogP contribution in [-0.2, 0) is 16.0 Å². The Morgan fingerprint density at radius 1 is 1.47 bits per heavy atom. The number of H-pyrrole nitrogens is 1. The summed E-state index contributed by atoms with van der Waals surface area (Å²) < 4.78 is 5.29. The van der Waals surface area contributed by atoms with Gasteiger partial charge in [0.2, 0.25) is 0 Å². The van der Waals surface area contributed by atoms with Crippen molar-refractivity contribution < 1.29 is 14.6 Å². The van der Waals surface area contributed by atoms with E-state index in [0.717, 1.165) is 12.8 Å². The summed E-state index contributed by atoms with van der Waals surface area (Å²) in [6.45, 7) is 3.14. The van der Waals surface area contributed by atoms with E-state index >= 15 is 0 Å². The average molecular weight is 266 g/mol. The van der Waals surface area contributed by atoms with Crippen LogP contribution in [0, 0.1) is 6.92 Å². The molecule has 2 N–H and O–H groups in total. The third-order valence-electron chi connectivity index (χ3n) is 3.44. The molecule has 104 valence electrons. The fourth-order valence-corrected chi connectivity index (χ4v) is 2.32. The Morgan fingerprint density at radius 3 is 2.74 bits per heavy atom. The Bertz CT molecular complexity index is 518. The maximum atomic E-state index is 12.0. The van der Waals surface area contributed by atoms with Gasteiger partial charge >= 0.3 is 5.97 Å². The fraction of sp³-hybridized carbons (Fsp3) is 0.615. The van der Waals surface area contributed by atoms with Gasteiger partial charge in [-0.15, -0.1) is 0 Å². The first-order chi connectivity index (χ1) is 9.08. The number of nitrogens with zero attached hydrogens (tertiary/aromatic N) is 1. The number of aliphatic carboxylic acids is 1. The first kappa shape index (κ1) is 13.7. The number of carboxylic acids is 1. The van der Waals surface area contributed by atoms with Crippen molar-refractivity contribution in [2.45, 2.75) is 38.5 Å². The van der Waals surface area contributed by atoms with E-state index in [4.69, 9.17) is 9.84 Å². The van der Waals surface area contributed by atoms with Gasteiger partial charge in [0.05, 0.1) is 0 Å². The molecular formula is C13H18N2O4. The molecule has 1 aliphatic rings. The standard InChI is InChI=1S/C13H18N2O4/c1-8-10(2-3-11(16)17)13(18)15-12(14-8)9-4-6-19-7-5-9/h9H,2-7H2,1H3,(H,16,17)(H,14,15,18). The second-order valence-corrected chi connectivity index (χ2v) is 4.80. The lowest BCUT2D eigenvalue weighted by Gasteiger charge is -2.21. The van der Waals surface area contributed by atoms with Crippen molar-refractivity contribution in [2.24, 2.45) is 0 Å². The van der Waals surface area contributed by atoms with Gasteiger partial charge < -0.3 is 14.8 Å². The maximum absolute atomic E-state index is 12.0. The molecule has 1 saturated heterocycles. The second-order valence-electron chi connectivity index (χ2n) is 4.80. The Labute approximate surface area is 110 Å². The minimum Gasteiger partial charge on any atom is -0.481 e. The molecular weight excluding hydrogens is 248 g/mol. The highest BCUT2D eigenvalue weighted by Gasteiger charge is 2.20. The van der Waals surface area contributed by atoms with Crippen molar-refractivity contribution in [1.82, 2.24) is 9.97 Å². The van der Waals surface area contributed by atoms with Crippen molar-refractivity contribution in [1.29, 1.82) is 0 Å². The number of carbonyl (C=O) groups is 1. The number of ether oxygens (including phenoxy) is 1. The molecule has 0 unspecified atom stereocenters. The lowest BCUT2D eigenvalue weighted by atomic mass is 9.99. The van der Waals surface area contributed by atoms with Crippen molar-refractivity contribution >= 4 is 5.97 Å². The third kappa shape index (κ3) is 3.41. The van der Waals surface area contributed by atoms with Gasteiger partial charge in [0.25, 0.3) is 5.56 Å². The Balaban J connectivity index is 2.20. The fourth-order valence-electron chi connectivity index (χ4n) is 2.32. The van der Waals surface area contributed by atoms with Crippen molar-refractivity contribution in [3.63, 3.8) is 0 Å². The molecule has 2 heterocycles. The van der Waals surface area contributed by atoms with Gasteiger partial charge in [-0.2, -0.15) is 0 Å². The number of aryl methyl sites for hydroxylation is 1. The first-order valence-electron chi connectivity index (χ1n) is 6.47. The van der Waals surface area contributed by atoms with Crippen LogP contribution in [0.5, 0.6) is 0 Å². The number of nitrogens with one attached hydrogen (secondary N) is 1. The maximum Gasteiger partial charge on any atom is 0.303 e. The number of aromatic nitrogens is 2. The molecule has 0 saturated carbocycles. The monoisotopic (exact) mass is 266 g/mol. The number of hydrogen-bond donors (Lipinski definition) is 2. The quantitative estimate of drug-likeness (QED) is 0.847. The molecule has 0 atom stereocenters. The molecule has 0 spiro atoms. The summed E-state index contributed by atoms with van der Waals surface area (Å²) in [5.74, 6) is 0.0193. The number of hydrogen-bond acceptors (Lipinski definition) is 4. The van der Waals surface area contributed by atoms with E-state index in [2.05, 4.69) is 9.97 Å². The van der Waals surface area contributed by atoms with Gasteiger partial charge in [-0.1, -0.05) is 0 Å². The molecule has 6 heteroatoms. The van der Waals surface area contributed by atoms with Crippen LogP contribution in [-0.4, -0.2) is 34.3 Å². The summed E-state index contributed by atoms with van der Waals surface area (Å²) in [4.78, 5) is 29.8. The van der Waals surface area contributed by atoms with E-state index in [0.29, 0.717) is 30.3 Å². The van der Waals surface area contributed by atoms with Gasteiger partial charge in [0, 0.05) is 36.8 Å². The average Bonchev–Trinajstić information content (AvgIpc) is 2.38. The zero-order chi connectivity index (χ0) is 13.8. The van der Waals surface area contributed by atoms with E-state index in [-0.39, 0.29) is 24.3 Å². The largest absolute Gasteiger partial charge is 0.481 e. The third-order valence-corrected chi connectivity index (χ3v) is 3.44. The molecule has 1 aliphatic heterocycles.